The van der Waals surface area contributed by atoms with Crippen LogP contribution in [0.1, 0.15) is 5.56 Å². The monoisotopic (exact) mass is 365 g/mol. The summed E-state index contributed by atoms with van der Waals surface area (Å²) < 4.78 is 7.06. The Morgan fingerprint density at radius 2 is 1.88 bits per heavy atom. The predicted octanol–water partition coefficient (Wildman–Crippen LogP) is 2.98. The molecule has 0 aliphatic carbocycles. The van der Waals surface area contributed by atoms with E-state index in [1.165, 1.54) is 0 Å². The van der Waals surface area contributed by atoms with Gasteiger partial charge in [-0.2, -0.15) is 10.2 Å². The van der Waals surface area contributed by atoms with E-state index in [0.29, 0.717) is 5.11 Å². The molecule has 0 radical (unpaired) electrons. The maximum atomic E-state index is 5.23. The second-order valence-electron chi connectivity index (χ2n) is 5.39. The number of nitrogens with one attached hydrogen (secondary N) is 2. The third-order valence-electron chi connectivity index (χ3n) is 3.72. The topological polar surface area (TPSA) is 63.5 Å². The van der Waals surface area contributed by atoms with Gasteiger partial charge in [-0.1, -0.05) is 18.2 Å². The van der Waals surface area contributed by atoms with Crippen LogP contribution < -0.4 is 15.5 Å². The Bertz CT molecular complexity index is 903. The van der Waals surface area contributed by atoms with Crippen LogP contribution in [0.3, 0.4) is 0 Å². The van der Waals surface area contributed by atoms with Crippen LogP contribution in [-0.4, -0.2) is 35.3 Å². The zero-order valence-corrected chi connectivity index (χ0v) is 15.3. The van der Waals surface area contributed by atoms with E-state index in [9.17, 15) is 0 Å². The summed E-state index contributed by atoms with van der Waals surface area (Å²) in [5, 5.41) is 12.2. The fourth-order valence-electron chi connectivity index (χ4n) is 2.38. The van der Waals surface area contributed by atoms with Crippen LogP contribution in [0.25, 0.3) is 16.9 Å². The van der Waals surface area contributed by atoms with E-state index in [0.717, 1.165) is 28.3 Å². The summed E-state index contributed by atoms with van der Waals surface area (Å²) in [6, 6.07) is 17.7. The first-order valence-corrected chi connectivity index (χ1v) is 8.42. The first-order chi connectivity index (χ1) is 12.7. The molecule has 0 bridgehead atoms. The molecule has 0 saturated carbocycles. The third kappa shape index (κ3) is 4.07. The molecule has 0 aliphatic heterocycles. The van der Waals surface area contributed by atoms with Crippen molar-refractivity contribution in [3.05, 3.63) is 66.4 Å². The zero-order valence-electron chi connectivity index (χ0n) is 14.5. The number of ether oxygens (including phenoxy) is 1. The number of rotatable bonds is 5. The van der Waals surface area contributed by atoms with Gasteiger partial charge in [0.2, 0.25) is 0 Å². The highest BCUT2D eigenvalue weighted by Gasteiger charge is 2.11. The molecule has 2 N–H and O–H groups in total. The lowest BCUT2D eigenvalue weighted by Crippen LogP contribution is -2.28. The Kier molecular flexibility index (Phi) is 5.60. The second kappa shape index (κ2) is 8.26. The van der Waals surface area contributed by atoms with Crippen molar-refractivity contribution in [2.45, 2.75) is 0 Å². The smallest absolute Gasteiger partial charge is 0.186 e. The minimum Gasteiger partial charge on any atom is -0.497 e. The number of hydrogen-bond acceptors (Lipinski definition) is 4. The summed E-state index contributed by atoms with van der Waals surface area (Å²) in [4.78, 5) is 0. The fraction of sp³-hybridized carbons (Fsp3) is 0.105. The van der Waals surface area contributed by atoms with Gasteiger partial charge in [0.15, 0.2) is 5.11 Å². The van der Waals surface area contributed by atoms with Gasteiger partial charge < -0.3 is 10.1 Å². The third-order valence-corrected chi connectivity index (χ3v) is 4.02. The van der Waals surface area contributed by atoms with Gasteiger partial charge in [0.05, 0.1) is 19.0 Å². The Morgan fingerprint density at radius 1 is 1.15 bits per heavy atom. The van der Waals surface area contributed by atoms with Crippen molar-refractivity contribution in [3.63, 3.8) is 0 Å². The van der Waals surface area contributed by atoms with Crippen molar-refractivity contribution in [2.24, 2.45) is 5.10 Å². The van der Waals surface area contributed by atoms with Gasteiger partial charge in [-0.25, -0.2) is 4.68 Å². The minimum absolute atomic E-state index is 0.447. The molecule has 2 aromatic carbocycles. The molecular formula is C19H19N5OS. The summed E-state index contributed by atoms with van der Waals surface area (Å²) in [6.45, 7) is 0. The van der Waals surface area contributed by atoms with Gasteiger partial charge in [0.1, 0.15) is 11.4 Å². The molecule has 6 nitrogen and oxygen atoms in total. The quantitative estimate of drug-likeness (QED) is 0.413. The van der Waals surface area contributed by atoms with Crippen molar-refractivity contribution >= 4 is 23.5 Å². The molecule has 26 heavy (non-hydrogen) atoms. The summed E-state index contributed by atoms with van der Waals surface area (Å²) in [6.07, 6.45) is 3.64. The largest absolute Gasteiger partial charge is 0.497 e. The van der Waals surface area contributed by atoms with Gasteiger partial charge in [0.25, 0.3) is 0 Å². The molecule has 3 rings (SSSR count). The van der Waals surface area contributed by atoms with Crippen molar-refractivity contribution in [3.8, 4) is 22.7 Å². The van der Waals surface area contributed by atoms with Gasteiger partial charge >= 0.3 is 0 Å². The highest BCUT2D eigenvalue weighted by molar-refractivity contribution is 7.80. The Balaban J connectivity index is 1.99. The van der Waals surface area contributed by atoms with Crippen LogP contribution >= 0.6 is 12.2 Å². The van der Waals surface area contributed by atoms with Crippen LogP contribution in [0, 0.1) is 0 Å². The molecule has 1 aromatic heterocycles. The molecule has 7 heteroatoms. The van der Waals surface area contributed by atoms with Crippen LogP contribution in [0.5, 0.6) is 5.75 Å². The normalized spacial score (nSPS) is 10.7. The molecule has 1 heterocycles. The van der Waals surface area contributed by atoms with Gasteiger partial charge in [0, 0.05) is 24.4 Å². The van der Waals surface area contributed by atoms with Crippen molar-refractivity contribution in [2.75, 3.05) is 14.2 Å². The maximum absolute atomic E-state index is 5.23. The molecule has 0 aliphatic rings. The first kappa shape index (κ1) is 17.6. The van der Waals surface area contributed by atoms with E-state index < -0.39 is 0 Å². The number of benzene rings is 2. The van der Waals surface area contributed by atoms with Gasteiger partial charge in [-0.05, 0) is 48.6 Å². The number of hydrogen-bond donors (Lipinski definition) is 2. The van der Waals surface area contributed by atoms with E-state index in [4.69, 9.17) is 22.1 Å². The molecule has 132 valence electrons. The predicted molar refractivity (Wildman–Crippen MR) is 108 cm³/mol. The molecule has 0 saturated heterocycles. The lowest BCUT2D eigenvalue weighted by molar-refractivity contribution is 0.415. The first-order valence-electron chi connectivity index (χ1n) is 8.01. The molecule has 3 aromatic rings. The lowest BCUT2D eigenvalue weighted by atomic mass is 10.1. The van der Waals surface area contributed by atoms with E-state index in [2.05, 4.69) is 15.8 Å². The maximum Gasteiger partial charge on any atom is 0.186 e. The Labute approximate surface area is 157 Å². The summed E-state index contributed by atoms with van der Waals surface area (Å²) >= 11 is 5.04. The molecule has 0 unspecified atom stereocenters. The highest BCUT2D eigenvalue weighted by atomic mass is 32.1. The number of methoxy groups -OCH3 is 1. The average Bonchev–Trinajstić information content (AvgIpc) is 3.12. The second-order valence-corrected chi connectivity index (χ2v) is 5.80. The van der Waals surface area contributed by atoms with Crippen LogP contribution in [0.4, 0.5) is 0 Å². The van der Waals surface area contributed by atoms with Crippen LogP contribution in [-0.2, 0) is 0 Å². The van der Waals surface area contributed by atoms with Gasteiger partial charge in [-0.15, -0.1) is 0 Å². The fourth-order valence-corrected chi connectivity index (χ4v) is 2.44. The average molecular weight is 365 g/mol. The number of nitrogens with zero attached hydrogens (tertiary/aromatic N) is 3. The highest BCUT2D eigenvalue weighted by Crippen LogP contribution is 2.24. The molecule has 0 fully saturated rings. The zero-order chi connectivity index (χ0) is 18.4. The molecular weight excluding hydrogens is 346 g/mol. The standard InChI is InChI=1S/C19H19N5OS/c1-20-19(26)22-21-12-15-13-24(16-6-4-3-5-7-16)23-18(15)14-8-10-17(25-2)11-9-14/h3-13H,1-2H3,(H2,20,22,26)/b21-12+. The number of para-hydroxylation sites is 1. The molecule has 0 atom stereocenters. The lowest BCUT2D eigenvalue weighted by Gasteiger charge is -2.03. The summed E-state index contributed by atoms with van der Waals surface area (Å²) in [5.41, 5.74) is 6.39. The van der Waals surface area contributed by atoms with Crippen molar-refractivity contribution in [1.82, 2.24) is 20.5 Å². The Hall–Kier alpha value is -3.19. The number of thiocarbonyl (C=S) groups is 1. The van der Waals surface area contributed by atoms with Crippen LogP contribution in [0.2, 0.25) is 0 Å². The van der Waals surface area contributed by atoms with E-state index in [1.807, 2.05) is 65.5 Å². The minimum atomic E-state index is 0.447. The van der Waals surface area contributed by atoms with Crippen LogP contribution in [0.15, 0.2) is 65.9 Å². The Morgan fingerprint density at radius 3 is 2.54 bits per heavy atom. The van der Waals surface area contributed by atoms with E-state index >= 15 is 0 Å². The SMILES string of the molecule is CNC(=S)N/N=C/c1cn(-c2ccccc2)nc1-c1ccc(OC)cc1. The van der Waals surface area contributed by atoms with E-state index in [1.54, 1.807) is 20.4 Å². The van der Waals surface area contributed by atoms with Crippen molar-refractivity contribution < 1.29 is 4.74 Å². The molecule has 0 spiro atoms. The number of hydrazone groups is 1. The van der Waals surface area contributed by atoms with Crippen molar-refractivity contribution in [1.29, 1.82) is 0 Å². The number of aromatic nitrogens is 2. The van der Waals surface area contributed by atoms with Gasteiger partial charge in [-0.3, -0.25) is 5.43 Å². The van der Waals surface area contributed by atoms with E-state index in [-0.39, 0.29) is 0 Å². The molecule has 0 amide bonds. The summed E-state index contributed by atoms with van der Waals surface area (Å²) in [7, 11) is 3.38. The summed E-state index contributed by atoms with van der Waals surface area (Å²) in [5.74, 6) is 0.799.